The minimum absolute atomic E-state index is 0.625. The van der Waals surface area contributed by atoms with E-state index in [1.165, 1.54) is 64.6 Å². The summed E-state index contributed by atoms with van der Waals surface area (Å²) in [4.78, 5) is 11.1. The molecule has 4 nitrogen and oxygen atoms in total. The molecule has 14 rings (SSSR count). The molecular formula is C66H36N4. The first-order valence-electron chi connectivity index (χ1n) is 23.5. The molecule has 4 heteroatoms. The van der Waals surface area contributed by atoms with Crippen molar-refractivity contribution in [2.75, 3.05) is 0 Å². The molecule has 1 aromatic heterocycles. The molecule has 0 spiro atoms. The molecule has 0 aliphatic carbocycles. The summed E-state index contributed by atoms with van der Waals surface area (Å²) >= 11 is 0. The fourth-order valence-electron chi connectivity index (χ4n) is 11.0. The smallest absolute Gasteiger partial charge is 0.160 e. The summed E-state index contributed by atoms with van der Waals surface area (Å²) in [5.41, 5.74) is 13.4. The normalized spacial score (nSPS) is 11.7. The lowest BCUT2D eigenvalue weighted by molar-refractivity contribution is 1.23. The van der Waals surface area contributed by atoms with Gasteiger partial charge in [-0.05, 0) is 140 Å². The lowest BCUT2D eigenvalue weighted by Gasteiger charge is -2.19. The van der Waals surface area contributed by atoms with Crippen molar-refractivity contribution in [2.24, 2.45) is 0 Å². The number of nitrogens with zero attached hydrogens (tertiary/aromatic N) is 4. The Kier molecular flexibility index (Phi) is 8.68. The third-order valence-corrected chi connectivity index (χ3v) is 14.5. The summed E-state index contributed by atoms with van der Waals surface area (Å²) in [7, 11) is 0. The van der Waals surface area contributed by atoms with Crippen LogP contribution in [0.4, 0.5) is 0 Å². The molecule has 0 N–H and O–H groups in total. The van der Waals surface area contributed by atoms with Gasteiger partial charge < -0.3 is 0 Å². The zero-order valence-corrected chi connectivity index (χ0v) is 37.6. The highest BCUT2D eigenvalue weighted by Gasteiger charge is 2.22. The second-order valence-electron chi connectivity index (χ2n) is 18.3. The highest BCUT2D eigenvalue weighted by atomic mass is 14.9. The third-order valence-electron chi connectivity index (χ3n) is 14.5. The minimum atomic E-state index is 0.625. The van der Waals surface area contributed by atoms with E-state index < -0.39 is 0 Å². The van der Waals surface area contributed by atoms with Crippen molar-refractivity contribution in [1.29, 1.82) is 10.5 Å². The topological polar surface area (TPSA) is 73.4 Å². The first kappa shape index (κ1) is 39.4. The minimum Gasteiger partial charge on any atom is -0.227 e. The molecular weight excluding hydrogens is 849 g/mol. The molecule has 0 saturated carbocycles. The standard InChI is InChI=1S/C66H36N4/c67-37-39-7-11-41(12-8-39)43-15-23-51(24-16-43)64-59-36-53(54-31-27-49-21-19-45-3-1-5-47-29-33-56(54)62(49)60(45)47)35-58(55-32-28-50-22-20-46-4-2-6-48-30-34-57(55)63(50)61(46)48)65(59)70-66(69-64)52-25-17-44(18-26-52)42-13-9-40(38-68)10-14-42/h1-36H. The molecule has 0 atom stereocenters. The van der Waals surface area contributed by atoms with Gasteiger partial charge in [0.2, 0.25) is 0 Å². The maximum atomic E-state index is 9.48. The van der Waals surface area contributed by atoms with Gasteiger partial charge in [-0.2, -0.15) is 10.5 Å². The van der Waals surface area contributed by atoms with Crippen molar-refractivity contribution < 1.29 is 0 Å². The average Bonchev–Trinajstić information content (AvgIpc) is 3.43. The first-order valence-corrected chi connectivity index (χ1v) is 23.5. The van der Waals surface area contributed by atoms with Gasteiger partial charge in [-0.1, -0.05) is 182 Å². The predicted molar refractivity (Wildman–Crippen MR) is 289 cm³/mol. The predicted octanol–water partition coefficient (Wildman–Crippen LogP) is 17.2. The van der Waals surface area contributed by atoms with Crippen LogP contribution >= 0.6 is 0 Å². The fourth-order valence-corrected chi connectivity index (χ4v) is 11.0. The molecule has 0 fully saturated rings. The molecule has 14 aromatic rings. The van der Waals surface area contributed by atoms with Crippen molar-refractivity contribution in [3.63, 3.8) is 0 Å². The Balaban J connectivity index is 1.06. The Morgan fingerprint density at radius 3 is 1.19 bits per heavy atom. The number of benzene rings is 13. The lowest BCUT2D eigenvalue weighted by atomic mass is 9.86. The van der Waals surface area contributed by atoms with Crippen LogP contribution in [0.25, 0.3) is 143 Å². The number of hydrogen-bond donors (Lipinski definition) is 0. The second kappa shape index (κ2) is 15.4. The van der Waals surface area contributed by atoms with Gasteiger partial charge in [-0.3, -0.25) is 0 Å². The summed E-state index contributed by atoms with van der Waals surface area (Å²) in [6, 6.07) is 81.9. The van der Waals surface area contributed by atoms with E-state index in [0.717, 1.165) is 72.2 Å². The highest BCUT2D eigenvalue weighted by Crippen LogP contribution is 2.46. The number of nitriles is 2. The van der Waals surface area contributed by atoms with E-state index >= 15 is 0 Å². The van der Waals surface area contributed by atoms with Gasteiger partial charge in [0.25, 0.3) is 0 Å². The molecule has 70 heavy (non-hydrogen) atoms. The lowest BCUT2D eigenvalue weighted by Crippen LogP contribution is -1.99. The number of hydrogen-bond acceptors (Lipinski definition) is 4. The summed E-state index contributed by atoms with van der Waals surface area (Å²) in [6.45, 7) is 0. The van der Waals surface area contributed by atoms with Gasteiger partial charge in [0, 0.05) is 22.1 Å². The van der Waals surface area contributed by atoms with E-state index in [1.807, 2.05) is 48.5 Å². The molecule has 0 aliphatic heterocycles. The maximum absolute atomic E-state index is 9.48. The molecule has 0 unspecified atom stereocenters. The van der Waals surface area contributed by atoms with Crippen molar-refractivity contribution in [3.8, 4) is 79.3 Å². The quantitative estimate of drug-likeness (QED) is 0.156. The molecule has 0 saturated heterocycles. The van der Waals surface area contributed by atoms with Gasteiger partial charge in [0.15, 0.2) is 5.82 Å². The second-order valence-corrected chi connectivity index (χ2v) is 18.3. The zero-order chi connectivity index (χ0) is 46.5. The van der Waals surface area contributed by atoms with Crippen LogP contribution < -0.4 is 0 Å². The van der Waals surface area contributed by atoms with Crippen molar-refractivity contribution in [1.82, 2.24) is 9.97 Å². The summed E-state index contributed by atoms with van der Waals surface area (Å²) in [6.07, 6.45) is 0. The fraction of sp³-hybridized carbons (Fsp3) is 0. The van der Waals surface area contributed by atoms with Crippen LogP contribution in [-0.4, -0.2) is 9.97 Å². The largest absolute Gasteiger partial charge is 0.227 e. The van der Waals surface area contributed by atoms with Gasteiger partial charge in [0.1, 0.15) is 0 Å². The van der Waals surface area contributed by atoms with Crippen molar-refractivity contribution in [2.45, 2.75) is 0 Å². The number of fused-ring (bicyclic) bond motifs is 1. The Hall–Kier alpha value is -9.74. The van der Waals surface area contributed by atoms with Gasteiger partial charge in [0.05, 0.1) is 34.5 Å². The third kappa shape index (κ3) is 6.15. The van der Waals surface area contributed by atoms with Gasteiger partial charge >= 0.3 is 0 Å². The molecule has 0 amide bonds. The number of aromatic nitrogens is 2. The van der Waals surface area contributed by atoms with E-state index in [-0.39, 0.29) is 0 Å². The molecule has 0 radical (unpaired) electrons. The first-order chi connectivity index (χ1) is 34.6. The Morgan fingerprint density at radius 2 is 0.686 bits per heavy atom. The van der Waals surface area contributed by atoms with Gasteiger partial charge in [-0.15, -0.1) is 0 Å². The van der Waals surface area contributed by atoms with E-state index in [0.29, 0.717) is 17.0 Å². The summed E-state index contributed by atoms with van der Waals surface area (Å²) in [5, 5.41) is 34.7. The van der Waals surface area contributed by atoms with Crippen LogP contribution in [-0.2, 0) is 0 Å². The van der Waals surface area contributed by atoms with E-state index in [4.69, 9.17) is 9.97 Å². The maximum Gasteiger partial charge on any atom is 0.160 e. The van der Waals surface area contributed by atoms with E-state index in [2.05, 4.69) is 182 Å². The van der Waals surface area contributed by atoms with Crippen molar-refractivity contribution >= 4 is 75.5 Å². The van der Waals surface area contributed by atoms with E-state index in [1.54, 1.807) is 0 Å². The monoisotopic (exact) mass is 884 g/mol. The van der Waals surface area contributed by atoms with Gasteiger partial charge in [-0.25, -0.2) is 9.97 Å². The van der Waals surface area contributed by atoms with Crippen LogP contribution in [0.5, 0.6) is 0 Å². The summed E-state index contributed by atoms with van der Waals surface area (Å²) < 4.78 is 0. The SMILES string of the molecule is N#Cc1ccc(-c2ccc(-c3nc(-c4ccc(-c5ccc(C#N)cc5)cc4)c4cc(-c5ccc6ccc7cccc8ccc5c6c78)cc(-c5ccc6ccc7cccc8ccc5c6c78)c4n3)cc2)cc1. The Bertz CT molecular complexity index is 4470. The van der Waals surface area contributed by atoms with Crippen LogP contribution in [0, 0.1) is 22.7 Å². The van der Waals surface area contributed by atoms with Crippen LogP contribution in [0.1, 0.15) is 11.1 Å². The Morgan fingerprint density at radius 1 is 0.286 bits per heavy atom. The molecule has 0 aliphatic rings. The number of rotatable bonds is 6. The highest BCUT2D eigenvalue weighted by molar-refractivity contribution is 6.28. The van der Waals surface area contributed by atoms with Crippen LogP contribution in [0.2, 0.25) is 0 Å². The molecule has 320 valence electrons. The van der Waals surface area contributed by atoms with Crippen LogP contribution in [0.3, 0.4) is 0 Å². The van der Waals surface area contributed by atoms with Crippen LogP contribution in [0.15, 0.2) is 218 Å². The van der Waals surface area contributed by atoms with E-state index in [9.17, 15) is 10.5 Å². The zero-order valence-electron chi connectivity index (χ0n) is 37.6. The molecule has 0 bridgehead atoms. The van der Waals surface area contributed by atoms with Crippen molar-refractivity contribution in [3.05, 3.63) is 230 Å². The molecule has 13 aromatic carbocycles. The summed E-state index contributed by atoms with van der Waals surface area (Å²) in [5.74, 6) is 0.625. The average molecular weight is 885 g/mol. The molecule has 1 heterocycles. The Labute approximate surface area is 402 Å².